The van der Waals surface area contributed by atoms with Gasteiger partial charge >= 0.3 is 0 Å². The first-order chi connectivity index (χ1) is 7.77. The summed E-state index contributed by atoms with van der Waals surface area (Å²) in [6.45, 7) is 0. The van der Waals surface area contributed by atoms with E-state index in [0.29, 0.717) is 17.6 Å². The average Bonchev–Trinajstić information content (AvgIpc) is 2.33. The fourth-order valence-corrected chi connectivity index (χ4v) is 1.57. The monoisotopic (exact) mass is 211 g/mol. The summed E-state index contributed by atoms with van der Waals surface area (Å²) in [7, 11) is 0. The molecule has 2 rings (SSSR count). The van der Waals surface area contributed by atoms with Crippen molar-refractivity contribution in [3.05, 3.63) is 59.7 Å². The Kier molecular flexibility index (Phi) is 3.10. The topological polar surface area (TPSA) is 34.1 Å². The van der Waals surface area contributed by atoms with Crippen molar-refractivity contribution in [2.75, 3.05) is 0 Å². The zero-order valence-corrected chi connectivity index (χ0v) is 8.77. The molecule has 0 N–H and O–H groups in total. The van der Waals surface area contributed by atoms with E-state index in [1.165, 1.54) is 0 Å². The number of hydrogen-bond donors (Lipinski definition) is 0. The maximum absolute atomic E-state index is 11.8. The quantitative estimate of drug-likeness (QED) is 0.720. The Balaban J connectivity index is 2.11. The second kappa shape index (κ2) is 4.71. The van der Waals surface area contributed by atoms with Crippen LogP contribution >= 0.6 is 0 Å². The number of carbonyl (C=O) groups is 2. The summed E-state index contributed by atoms with van der Waals surface area (Å²) in [5, 5.41) is 0. The van der Waals surface area contributed by atoms with Crippen molar-refractivity contribution in [1.82, 2.24) is 0 Å². The van der Waals surface area contributed by atoms with Crippen molar-refractivity contribution in [1.29, 1.82) is 0 Å². The van der Waals surface area contributed by atoms with Gasteiger partial charge in [-0.05, 0) is 6.08 Å². The van der Waals surface area contributed by atoms with Crippen LogP contribution in [0.2, 0.25) is 0 Å². The molecule has 0 saturated carbocycles. The molecule has 2 nitrogen and oxygen atoms in total. The van der Waals surface area contributed by atoms with Crippen LogP contribution in [0, 0.1) is 6.08 Å². The highest BCUT2D eigenvalue weighted by Gasteiger charge is 2.15. The van der Waals surface area contributed by atoms with Crippen molar-refractivity contribution >= 4 is 11.6 Å². The van der Waals surface area contributed by atoms with E-state index in [2.05, 4.69) is 6.08 Å². The maximum Gasteiger partial charge on any atom is 0.167 e. The Bertz CT molecular complexity index is 467. The van der Waals surface area contributed by atoms with Gasteiger partial charge in [0.15, 0.2) is 11.6 Å². The third-order valence-electron chi connectivity index (χ3n) is 2.45. The minimum atomic E-state index is -0.0354. The molecule has 0 unspecified atom stereocenters. The van der Waals surface area contributed by atoms with Gasteiger partial charge in [0.2, 0.25) is 0 Å². The number of hydrogen-bond acceptors (Lipinski definition) is 2. The van der Waals surface area contributed by atoms with Crippen LogP contribution in [-0.2, 0) is 4.79 Å². The summed E-state index contributed by atoms with van der Waals surface area (Å²) in [4.78, 5) is 23.3. The fourth-order valence-electron chi connectivity index (χ4n) is 1.57. The molecule has 0 aliphatic heterocycles. The maximum atomic E-state index is 11.8. The van der Waals surface area contributed by atoms with Crippen LogP contribution in [0.3, 0.4) is 0 Å². The van der Waals surface area contributed by atoms with E-state index in [4.69, 9.17) is 0 Å². The van der Waals surface area contributed by atoms with Gasteiger partial charge in [-0.15, -0.1) is 0 Å². The molecule has 1 aromatic carbocycles. The van der Waals surface area contributed by atoms with Gasteiger partial charge < -0.3 is 0 Å². The van der Waals surface area contributed by atoms with Gasteiger partial charge in [0, 0.05) is 24.0 Å². The Morgan fingerprint density at radius 3 is 2.69 bits per heavy atom. The summed E-state index contributed by atoms with van der Waals surface area (Å²) in [5.41, 5.74) is 1.12. The fraction of sp³-hybridized carbons (Fsp3) is 0.143. The lowest BCUT2D eigenvalue weighted by Gasteiger charge is -2.06. The number of rotatable bonds is 3. The Hall–Kier alpha value is -1.96. The molecule has 0 bridgehead atoms. The molecule has 0 heterocycles. The van der Waals surface area contributed by atoms with Crippen LogP contribution in [0.25, 0.3) is 0 Å². The molecule has 0 saturated heterocycles. The van der Waals surface area contributed by atoms with Gasteiger partial charge in [0.05, 0.1) is 0 Å². The summed E-state index contributed by atoms with van der Waals surface area (Å²) in [5.74, 6) is -0.0430. The number of ketones is 2. The molecular weight excluding hydrogens is 200 g/mol. The van der Waals surface area contributed by atoms with E-state index in [-0.39, 0.29) is 18.0 Å². The zero-order chi connectivity index (χ0) is 11.4. The minimum Gasteiger partial charge on any atom is -0.294 e. The first-order valence-electron chi connectivity index (χ1n) is 5.16. The highest BCUT2D eigenvalue weighted by molar-refractivity contribution is 6.06. The SMILES string of the molecule is O=C1CC=C[C]=C1CC(=O)c1ccccc1. The lowest BCUT2D eigenvalue weighted by atomic mass is 9.96. The van der Waals surface area contributed by atoms with E-state index >= 15 is 0 Å². The third kappa shape index (κ3) is 2.34. The standard InChI is InChI=1S/C14H11O2/c15-13-9-5-4-8-12(13)10-14(16)11-6-2-1-3-7-11/h1-7H,9-10H2. The van der Waals surface area contributed by atoms with E-state index in [1.807, 2.05) is 18.2 Å². The molecule has 0 spiro atoms. The summed E-state index contributed by atoms with van der Waals surface area (Å²) in [6, 6.07) is 9.00. The Morgan fingerprint density at radius 2 is 2.00 bits per heavy atom. The number of benzene rings is 1. The summed E-state index contributed by atoms with van der Waals surface area (Å²) in [6.07, 6.45) is 6.81. The third-order valence-corrected chi connectivity index (χ3v) is 2.45. The molecule has 0 amide bonds. The normalized spacial score (nSPS) is 14.8. The van der Waals surface area contributed by atoms with Crippen LogP contribution in [-0.4, -0.2) is 11.6 Å². The summed E-state index contributed by atoms with van der Waals surface area (Å²) < 4.78 is 0. The van der Waals surface area contributed by atoms with Crippen molar-refractivity contribution in [2.45, 2.75) is 12.8 Å². The largest absolute Gasteiger partial charge is 0.294 e. The first-order valence-corrected chi connectivity index (χ1v) is 5.16. The molecule has 0 aromatic heterocycles. The highest BCUT2D eigenvalue weighted by Crippen LogP contribution is 2.14. The van der Waals surface area contributed by atoms with Crippen molar-refractivity contribution in [2.24, 2.45) is 0 Å². The molecule has 1 aliphatic carbocycles. The predicted octanol–water partition coefficient (Wildman–Crippen LogP) is 2.52. The van der Waals surface area contributed by atoms with Crippen LogP contribution < -0.4 is 0 Å². The summed E-state index contributed by atoms with van der Waals surface area (Å²) >= 11 is 0. The van der Waals surface area contributed by atoms with Gasteiger partial charge in [-0.25, -0.2) is 0 Å². The van der Waals surface area contributed by atoms with E-state index in [9.17, 15) is 9.59 Å². The first kappa shape index (κ1) is 10.6. The van der Waals surface area contributed by atoms with Crippen LogP contribution in [0.5, 0.6) is 0 Å². The van der Waals surface area contributed by atoms with Crippen molar-refractivity contribution in [3.8, 4) is 0 Å². The molecule has 1 radical (unpaired) electrons. The lowest BCUT2D eigenvalue weighted by Crippen LogP contribution is -2.09. The van der Waals surface area contributed by atoms with Gasteiger partial charge in [-0.1, -0.05) is 42.5 Å². The highest BCUT2D eigenvalue weighted by atomic mass is 16.1. The molecule has 79 valence electrons. The Labute approximate surface area is 94.3 Å². The van der Waals surface area contributed by atoms with E-state index in [1.54, 1.807) is 24.3 Å². The second-order valence-corrected chi connectivity index (χ2v) is 3.62. The van der Waals surface area contributed by atoms with Crippen LogP contribution in [0.15, 0.2) is 48.1 Å². The predicted molar refractivity (Wildman–Crippen MR) is 60.9 cm³/mol. The molecule has 0 fully saturated rings. The molecular formula is C14H11O2. The number of Topliss-reactive ketones (excluding diaryl/α,β-unsaturated/α-hetero) is 2. The zero-order valence-electron chi connectivity index (χ0n) is 8.77. The second-order valence-electron chi connectivity index (χ2n) is 3.62. The number of carbonyl (C=O) groups excluding carboxylic acids is 2. The van der Waals surface area contributed by atoms with Gasteiger partial charge in [-0.2, -0.15) is 0 Å². The number of allylic oxidation sites excluding steroid dienone is 4. The van der Waals surface area contributed by atoms with Crippen LogP contribution in [0.1, 0.15) is 23.2 Å². The lowest BCUT2D eigenvalue weighted by molar-refractivity contribution is -0.115. The van der Waals surface area contributed by atoms with E-state index in [0.717, 1.165) is 0 Å². The van der Waals surface area contributed by atoms with Crippen LogP contribution in [0.4, 0.5) is 0 Å². The van der Waals surface area contributed by atoms with Crippen molar-refractivity contribution < 1.29 is 9.59 Å². The van der Waals surface area contributed by atoms with Gasteiger partial charge in [0.25, 0.3) is 0 Å². The average molecular weight is 211 g/mol. The molecule has 0 atom stereocenters. The minimum absolute atomic E-state index is 0.00761. The smallest absolute Gasteiger partial charge is 0.167 e. The molecule has 1 aromatic rings. The van der Waals surface area contributed by atoms with Gasteiger partial charge in [-0.3, -0.25) is 9.59 Å². The molecule has 16 heavy (non-hydrogen) atoms. The van der Waals surface area contributed by atoms with E-state index < -0.39 is 0 Å². The molecule has 2 heteroatoms. The Morgan fingerprint density at radius 1 is 1.25 bits per heavy atom. The van der Waals surface area contributed by atoms with Gasteiger partial charge in [0.1, 0.15) is 0 Å². The molecule has 1 aliphatic rings. The van der Waals surface area contributed by atoms with Crippen molar-refractivity contribution in [3.63, 3.8) is 0 Å².